The van der Waals surface area contributed by atoms with E-state index < -0.39 is 5.97 Å². The molecule has 136 valence electrons. The SMILES string of the molecule is NC(=O)CCSC(CCCCC(=O)O)CCSCC1=CC#CC#CC1. The first-order valence-electron chi connectivity index (χ1n) is 8.43. The van der Waals surface area contributed by atoms with E-state index >= 15 is 0 Å². The normalized spacial score (nSPS) is 13.5. The molecule has 0 radical (unpaired) electrons. The van der Waals surface area contributed by atoms with E-state index in [1.165, 1.54) is 5.57 Å². The molecule has 0 aliphatic heterocycles. The molecule has 1 atom stereocenters. The standard InChI is InChI=1S/C19H25NO3S2/c20-18(21)12-14-25-17(9-5-6-10-19(22)23)11-13-24-15-16-7-3-1-2-4-8-16/h7,17H,5-6,8-15H2,(H2,20,21)(H,22,23). The molecular formula is C19H25NO3S2. The van der Waals surface area contributed by atoms with Crippen molar-refractivity contribution in [3.05, 3.63) is 11.6 Å². The summed E-state index contributed by atoms with van der Waals surface area (Å²) in [5.41, 5.74) is 6.47. The van der Waals surface area contributed by atoms with E-state index in [-0.39, 0.29) is 12.3 Å². The number of amides is 1. The van der Waals surface area contributed by atoms with Crippen LogP contribution in [-0.2, 0) is 9.59 Å². The third-order valence-corrected chi connectivity index (χ3v) is 6.04. The number of carbonyl (C=O) groups is 2. The Bertz CT molecular complexity index is 593. The van der Waals surface area contributed by atoms with Crippen LogP contribution in [0.25, 0.3) is 0 Å². The maximum absolute atomic E-state index is 10.9. The Morgan fingerprint density at radius 1 is 1.20 bits per heavy atom. The first-order chi connectivity index (χ1) is 12.1. The van der Waals surface area contributed by atoms with Gasteiger partial charge in [-0.1, -0.05) is 18.3 Å². The number of nitrogens with two attached hydrogens (primary N) is 1. The Balaban J connectivity index is 2.27. The Hall–Kier alpha value is -1.50. The van der Waals surface area contributed by atoms with Crippen molar-refractivity contribution in [1.82, 2.24) is 0 Å². The van der Waals surface area contributed by atoms with Crippen LogP contribution in [0.15, 0.2) is 11.6 Å². The number of hydrogen-bond acceptors (Lipinski definition) is 4. The molecule has 0 fully saturated rings. The van der Waals surface area contributed by atoms with E-state index in [1.807, 2.05) is 17.8 Å². The predicted octanol–water partition coefficient (Wildman–Crippen LogP) is 3.07. The van der Waals surface area contributed by atoms with E-state index in [9.17, 15) is 9.59 Å². The summed E-state index contributed by atoms with van der Waals surface area (Å²) >= 11 is 3.66. The van der Waals surface area contributed by atoms with Crippen LogP contribution in [0.4, 0.5) is 0 Å². The zero-order chi connectivity index (χ0) is 18.3. The second kappa shape index (κ2) is 13.8. The highest BCUT2D eigenvalue weighted by molar-refractivity contribution is 8.00. The maximum Gasteiger partial charge on any atom is 0.303 e. The number of aliphatic carboxylic acids is 1. The van der Waals surface area contributed by atoms with Gasteiger partial charge in [0.15, 0.2) is 0 Å². The maximum atomic E-state index is 10.9. The molecule has 0 bridgehead atoms. The molecule has 25 heavy (non-hydrogen) atoms. The summed E-state index contributed by atoms with van der Waals surface area (Å²) in [6.45, 7) is 0. The number of carbonyl (C=O) groups excluding carboxylic acids is 1. The Morgan fingerprint density at radius 3 is 2.80 bits per heavy atom. The highest BCUT2D eigenvalue weighted by Crippen LogP contribution is 2.24. The number of carboxylic acids is 1. The molecule has 1 aliphatic rings. The zero-order valence-electron chi connectivity index (χ0n) is 14.4. The summed E-state index contributed by atoms with van der Waals surface area (Å²) < 4.78 is 0. The van der Waals surface area contributed by atoms with Crippen LogP contribution in [0, 0.1) is 23.7 Å². The highest BCUT2D eigenvalue weighted by Gasteiger charge is 2.11. The fourth-order valence-corrected chi connectivity index (χ4v) is 4.69. The summed E-state index contributed by atoms with van der Waals surface area (Å²) in [5.74, 6) is 13.2. The molecule has 1 aliphatic carbocycles. The van der Waals surface area contributed by atoms with Crippen molar-refractivity contribution in [1.29, 1.82) is 0 Å². The lowest BCUT2D eigenvalue weighted by Gasteiger charge is -2.16. The molecule has 3 N–H and O–H groups in total. The van der Waals surface area contributed by atoms with Gasteiger partial charge in [0.05, 0.1) is 0 Å². The van der Waals surface area contributed by atoms with Gasteiger partial charge in [-0.25, -0.2) is 0 Å². The smallest absolute Gasteiger partial charge is 0.303 e. The lowest BCUT2D eigenvalue weighted by Crippen LogP contribution is -2.13. The quantitative estimate of drug-likeness (QED) is 0.358. The van der Waals surface area contributed by atoms with Gasteiger partial charge in [0, 0.05) is 36.0 Å². The molecule has 1 unspecified atom stereocenters. The Morgan fingerprint density at radius 2 is 2.04 bits per heavy atom. The lowest BCUT2D eigenvalue weighted by atomic mass is 10.1. The van der Waals surface area contributed by atoms with Crippen molar-refractivity contribution in [3.63, 3.8) is 0 Å². The minimum Gasteiger partial charge on any atom is -0.481 e. The van der Waals surface area contributed by atoms with Crippen LogP contribution >= 0.6 is 23.5 Å². The monoisotopic (exact) mass is 379 g/mol. The fourth-order valence-electron chi connectivity index (χ4n) is 2.22. The number of carboxylic acid groups (broad SMARTS) is 1. The summed E-state index contributed by atoms with van der Waals surface area (Å²) in [7, 11) is 0. The second-order valence-corrected chi connectivity index (χ2v) is 8.25. The summed E-state index contributed by atoms with van der Waals surface area (Å²) in [5, 5.41) is 9.16. The van der Waals surface area contributed by atoms with Crippen molar-refractivity contribution < 1.29 is 14.7 Å². The molecular weight excluding hydrogens is 354 g/mol. The number of thioether (sulfide) groups is 2. The van der Waals surface area contributed by atoms with Crippen LogP contribution in [0.5, 0.6) is 0 Å². The molecule has 0 aromatic carbocycles. The van der Waals surface area contributed by atoms with Crippen molar-refractivity contribution in [3.8, 4) is 23.7 Å². The minimum absolute atomic E-state index is 0.226. The van der Waals surface area contributed by atoms with Gasteiger partial charge in [-0.3, -0.25) is 9.59 Å². The number of allylic oxidation sites excluding steroid dienone is 1. The molecule has 0 aromatic heterocycles. The molecule has 6 heteroatoms. The van der Waals surface area contributed by atoms with Gasteiger partial charge in [-0.05, 0) is 48.5 Å². The Labute approximate surface area is 158 Å². The van der Waals surface area contributed by atoms with Crippen LogP contribution < -0.4 is 5.73 Å². The minimum atomic E-state index is -0.739. The van der Waals surface area contributed by atoms with Gasteiger partial charge >= 0.3 is 5.97 Å². The van der Waals surface area contributed by atoms with E-state index in [0.717, 1.165) is 42.9 Å². The number of primary amides is 1. The number of hydrogen-bond donors (Lipinski definition) is 2. The van der Waals surface area contributed by atoms with Crippen LogP contribution in [-0.4, -0.2) is 39.5 Å². The third-order valence-electron chi connectivity index (χ3n) is 3.56. The molecule has 1 rings (SSSR count). The first kappa shape index (κ1) is 21.5. The molecule has 0 saturated carbocycles. The molecule has 0 heterocycles. The summed E-state index contributed by atoms with van der Waals surface area (Å²) in [4.78, 5) is 21.5. The molecule has 0 aromatic rings. The highest BCUT2D eigenvalue weighted by atomic mass is 32.2. The average molecular weight is 380 g/mol. The van der Waals surface area contributed by atoms with E-state index in [4.69, 9.17) is 10.8 Å². The van der Waals surface area contributed by atoms with Gasteiger partial charge in [0.25, 0.3) is 0 Å². The molecule has 4 nitrogen and oxygen atoms in total. The van der Waals surface area contributed by atoms with E-state index in [2.05, 4.69) is 23.7 Å². The van der Waals surface area contributed by atoms with Crippen LogP contribution in [0.2, 0.25) is 0 Å². The molecule has 0 saturated heterocycles. The van der Waals surface area contributed by atoms with Gasteiger partial charge < -0.3 is 10.8 Å². The van der Waals surface area contributed by atoms with Gasteiger partial charge in [-0.2, -0.15) is 23.5 Å². The second-order valence-electron chi connectivity index (χ2n) is 5.74. The first-order valence-corrected chi connectivity index (χ1v) is 10.6. The van der Waals surface area contributed by atoms with E-state index in [1.54, 1.807) is 11.8 Å². The van der Waals surface area contributed by atoms with Gasteiger partial charge in [0.1, 0.15) is 0 Å². The number of rotatable bonds is 14. The summed E-state index contributed by atoms with van der Waals surface area (Å²) in [6, 6.07) is 0. The lowest BCUT2D eigenvalue weighted by molar-refractivity contribution is -0.137. The zero-order valence-corrected chi connectivity index (χ0v) is 16.0. The Kier molecular flexibility index (Phi) is 11.9. The number of unbranched alkanes of at least 4 members (excludes halogenated alkanes) is 1. The largest absolute Gasteiger partial charge is 0.481 e. The third kappa shape index (κ3) is 12.5. The van der Waals surface area contributed by atoms with Crippen molar-refractivity contribution >= 4 is 35.4 Å². The van der Waals surface area contributed by atoms with Crippen LogP contribution in [0.3, 0.4) is 0 Å². The van der Waals surface area contributed by atoms with Crippen LogP contribution in [0.1, 0.15) is 44.9 Å². The summed E-state index contributed by atoms with van der Waals surface area (Å²) in [6.07, 6.45) is 6.99. The van der Waals surface area contributed by atoms with Crippen molar-refractivity contribution in [2.45, 2.75) is 50.2 Å². The van der Waals surface area contributed by atoms with Gasteiger partial charge in [0.2, 0.25) is 5.91 Å². The van der Waals surface area contributed by atoms with Crippen molar-refractivity contribution in [2.75, 3.05) is 17.3 Å². The van der Waals surface area contributed by atoms with Gasteiger partial charge in [-0.15, -0.1) is 0 Å². The molecule has 0 spiro atoms. The fraction of sp³-hybridized carbons (Fsp3) is 0.579. The van der Waals surface area contributed by atoms with Crippen molar-refractivity contribution in [2.24, 2.45) is 5.73 Å². The topological polar surface area (TPSA) is 80.4 Å². The predicted molar refractivity (Wildman–Crippen MR) is 106 cm³/mol. The average Bonchev–Trinajstić information content (AvgIpc) is 2.83. The molecule has 1 amide bonds. The van der Waals surface area contributed by atoms with E-state index in [0.29, 0.717) is 18.1 Å².